The monoisotopic (exact) mass is 309 g/mol. The molecule has 0 saturated heterocycles. The van der Waals surface area contributed by atoms with E-state index in [1.165, 1.54) is 0 Å². The number of anilines is 1. The smallest absolute Gasteiger partial charge is 0.244 e. The van der Waals surface area contributed by atoms with Crippen molar-refractivity contribution in [2.24, 2.45) is 5.73 Å². The van der Waals surface area contributed by atoms with Crippen LogP contribution in [0.3, 0.4) is 0 Å². The predicted molar refractivity (Wildman–Crippen MR) is 89.9 cm³/mol. The van der Waals surface area contributed by atoms with Crippen molar-refractivity contribution in [2.45, 2.75) is 26.8 Å². The van der Waals surface area contributed by atoms with Gasteiger partial charge in [-0.2, -0.15) is 0 Å². The lowest BCUT2D eigenvalue weighted by Crippen LogP contribution is -2.41. The summed E-state index contributed by atoms with van der Waals surface area (Å²) in [4.78, 5) is 14.4. The SMILES string of the molecule is CCN(CC)C(=O)C(C)Nc1cc(OC)ccc1C(N)=S. The molecule has 3 N–H and O–H groups in total. The summed E-state index contributed by atoms with van der Waals surface area (Å²) in [6.07, 6.45) is 0. The lowest BCUT2D eigenvalue weighted by molar-refractivity contribution is -0.131. The Hall–Kier alpha value is -1.82. The summed E-state index contributed by atoms with van der Waals surface area (Å²) in [5, 5.41) is 3.18. The summed E-state index contributed by atoms with van der Waals surface area (Å²) in [6, 6.07) is 5.00. The lowest BCUT2D eigenvalue weighted by Gasteiger charge is -2.25. The van der Waals surface area contributed by atoms with Crippen LogP contribution in [0.5, 0.6) is 5.75 Å². The van der Waals surface area contributed by atoms with E-state index in [0.29, 0.717) is 30.1 Å². The number of ether oxygens (including phenoxy) is 1. The van der Waals surface area contributed by atoms with Gasteiger partial charge in [0.15, 0.2) is 0 Å². The highest BCUT2D eigenvalue weighted by atomic mass is 32.1. The summed E-state index contributed by atoms with van der Waals surface area (Å²) in [5.74, 6) is 0.719. The van der Waals surface area contributed by atoms with Crippen molar-refractivity contribution >= 4 is 28.8 Å². The Morgan fingerprint density at radius 2 is 2.05 bits per heavy atom. The number of rotatable bonds is 7. The molecule has 116 valence electrons. The Morgan fingerprint density at radius 3 is 2.52 bits per heavy atom. The predicted octanol–water partition coefficient (Wildman–Crippen LogP) is 2.00. The molecule has 5 nitrogen and oxygen atoms in total. The van der Waals surface area contributed by atoms with E-state index < -0.39 is 0 Å². The Morgan fingerprint density at radius 1 is 1.43 bits per heavy atom. The number of amides is 1. The molecule has 1 aromatic rings. The highest BCUT2D eigenvalue weighted by Gasteiger charge is 2.19. The molecule has 1 rings (SSSR count). The minimum atomic E-state index is -0.370. The van der Waals surface area contributed by atoms with Crippen molar-refractivity contribution < 1.29 is 9.53 Å². The second kappa shape index (κ2) is 7.83. The molecule has 0 heterocycles. The number of likely N-dealkylation sites (N-methyl/N-ethyl adjacent to an activating group) is 1. The fourth-order valence-electron chi connectivity index (χ4n) is 2.09. The maximum Gasteiger partial charge on any atom is 0.244 e. The first kappa shape index (κ1) is 17.2. The fourth-order valence-corrected chi connectivity index (χ4v) is 2.27. The van der Waals surface area contributed by atoms with Gasteiger partial charge in [0.05, 0.1) is 7.11 Å². The number of carbonyl (C=O) groups is 1. The van der Waals surface area contributed by atoms with Crippen molar-refractivity contribution in [3.8, 4) is 5.75 Å². The fraction of sp³-hybridized carbons (Fsp3) is 0.467. The van der Waals surface area contributed by atoms with Gasteiger partial charge in [-0.3, -0.25) is 4.79 Å². The zero-order chi connectivity index (χ0) is 16.0. The van der Waals surface area contributed by atoms with Gasteiger partial charge in [-0.1, -0.05) is 12.2 Å². The van der Waals surface area contributed by atoms with E-state index in [9.17, 15) is 4.79 Å². The minimum absolute atomic E-state index is 0.0386. The third-order valence-corrected chi connectivity index (χ3v) is 3.53. The average molecular weight is 309 g/mol. The number of thiocarbonyl (C=S) groups is 1. The zero-order valence-corrected chi connectivity index (χ0v) is 13.8. The third-order valence-electron chi connectivity index (χ3n) is 3.31. The Kier molecular flexibility index (Phi) is 6.42. The van der Waals surface area contributed by atoms with Crippen LogP contribution < -0.4 is 15.8 Å². The Labute approximate surface area is 131 Å². The van der Waals surface area contributed by atoms with Crippen molar-refractivity contribution in [2.75, 3.05) is 25.5 Å². The van der Waals surface area contributed by atoms with Crippen LogP contribution in [0.15, 0.2) is 18.2 Å². The molecular weight excluding hydrogens is 286 g/mol. The van der Waals surface area contributed by atoms with Gasteiger partial charge in [0, 0.05) is 30.4 Å². The number of nitrogens with two attached hydrogens (primary N) is 1. The third kappa shape index (κ3) is 4.32. The van der Waals surface area contributed by atoms with Crippen LogP contribution in [0.1, 0.15) is 26.3 Å². The molecule has 0 bridgehead atoms. The first-order chi connectivity index (χ1) is 9.94. The topological polar surface area (TPSA) is 67.6 Å². The number of hydrogen-bond donors (Lipinski definition) is 2. The van der Waals surface area contributed by atoms with Crippen LogP contribution in [0.4, 0.5) is 5.69 Å². The Bertz CT molecular complexity index is 516. The van der Waals surface area contributed by atoms with Crippen LogP contribution >= 0.6 is 12.2 Å². The van der Waals surface area contributed by atoms with E-state index >= 15 is 0 Å². The maximum absolute atomic E-state index is 12.3. The molecule has 0 aliphatic heterocycles. The van der Waals surface area contributed by atoms with E-state index in [1.54, 1.807) is 30.2 Å². The second-order valence-electron chi connectivity index (χ2n) is 4.65. The highest BCUT2D eigenvalue weighted by molar-refractivity contribution is 7.80. The Balaban J connectivity index is 3.00. The van der Waals surface area contributed by atoms with Gasteiger partial charge in [-0.15, -0.1) is 0 Å². The molecule has 0 aliphatic rings. The van der Waals surface area contributed by atoms with E-state index in [-0.39, 0.29) is 16.9 Å². The lowest BCUT2D eigenvalue weighted by atomic mass is 10.1. The van der Waals surface area contributed by atoms with Gasteiger partial charge in [0.1, 0.15) is 16.8 Å². The van der Waals surface area contributed by atoms with Crippen LogP contribution in [0.25, 0.3) is 0 Å². The molecule has 0 spiro atoms. The molecule has 0 radical (unpaired) electrons. The van der Waals surface area contributed by atoms with Crippen LogP contribution in [0, 0.1) is 0 Å². The standard InChI is InChI=1S/C15H23N3O2S/c1-5-18(6-2)15(19)10(3)17-13-9-11(20-4)7-8-12(13)14(16)21/h7-10,17H,5-6H2,1-4H3,(H2,16,21). The maximum atomic E-state index is 12.3. The van der Waals surface area contributed by atoms with Crippen molar-refractivity contribution in [1.29, 1.82) is 0 Å². The first-order valence-corrected chi connectivity index (χ1v) is 7.38. The largest absolute Gasteiger partial charge is 0.497 e. The van der Waals surface area contributed by atoms with Crippen molar-refractivity contribution in [1.82, 2.24) is 4.90 Å². The number of carbonyl (C=O) groups excluding carboxylic acids is 1. The van der Waals surface area contributed by atoms with Gasteiger partial charge in [0.25, 0.3) is 0 Å². The van der Waals surface area contributed by atoms with Gasteiger partial charge < -0.3 is 20.7 Å². The summed E-state index contributed by atoms with van der Waals surface area (Å²) in [7, 11) is 1.59. The van der Waals surface area contributed by atoms with Gasteiger partial charge in [-0.25, -0.2) is 0 Å². The number of nitrogens with one attached hydrogen (secondary N) is 1. The normalized spacial score (nSPS) is 11.6. The number of benzene rings is 1. The molecule has 1 aromatic carbocycles. The zero-order valence-electron chi connectivity index (χ0n) is 13.0. The minimum Gasteiger partial charge on any atom is -0.497 e. The first-order valence-electron chi connectivity index (χ1n) is 6.97. The summed E-state index contributed by atoms with van der Waals surface area (Å²) < 4.78 is 5.20. The summed E-state index contributed by atoms with van der Waals surface area (Å²) >= 11 is 5.05. The molecule has 1 amide bonds. The molecule has 0 saturated carbocycles. The summed E-state index contributed by atoms with van der Waals surface area (Å²) in [5.41, 5.74) is 7.13. The molecule has 6 heteroatoms. The van der Waals surface area contributed by atoms with E-state index in [1.807, 2.05) is 20.8 Å². The molecule has 0 fully saturated rings. The second-order valence-corrected chi connectivity index (χ2v) is 5.09. The van der Waals surface area contributed by atoms with E-state index in [2.05, 4.69) is 5.32 Å². The van der Waals surface area contributed by atoms with Gasteiger partial charge in [0.2, 0.25) is 5.91 Å². The molecule has 1 unspecified atom stereocenters. The average Bonchev–Trinajstić information content (AvgIpc) is 2.47. The number of hydrogen-bond acceptors (Lipinski definition) is 4. The number of methoxy groups -OCH3 is 1. The number of nitrogens with zero attached hydrogens (tertiary/aromatic N) is 1. The van der Waals surface area contributed by atoms with Gasteiger partial charge >= 0.3 is 0 Å². The van der Waals surface area contributed by atoms with Crippen LogP contribution in [-0.4, -0.2) is 42.0 Å². The molecule has 21 heavy (non-hydrogen) atoms. The molecule has 0 aliphatic carbocycles. The van der Waals surface area contributed by atoms with Crippen LogP contribution in [-0.2, 0) is 4.79 Å². The molecule has 1 atom stereocenters. The van der Waals surface area contributed by atoms with E-state index in [0.717, 1.165) is 0 Å². The van der Waals surface area contributed by atoms with E-state index in [4.69, 9.17) is 22.7 Å². The van der Waals surface area contributed by atoms with Crippen molar-refractivity contribution in [3.63, 3.8) is 0 Å². The quantitative estimate of drug-likeness (QED) is 0.754. The van der Waals surface area contributed by atoms with Gasteiger partial charge in [-0.05, 0) is 32.9 Å². The molecular formula is C15H23N3O2S. The van der Waals surface area contributed by atoms with Crippen molar-refractivity contribution in [3.05, 3.63) is 23.8 Å². The highest BCUT2D eigenvalue weighted by Crippen LogP contribution is 2.23. The molecule has 0 aromatic heterocycles. The summed E-state index contributed by atoms with van der Waals surface area (Å²) in [6.45, 7) is 7.10. The van der Waals surface area contributed by atoms with Crippen LogP contribution in [0.2, 0.25) is 0 Å².